The number of rotatable bonds is 5. The van der Waals surface area contributed by atoms with Crippen LogP contribution >= 0.6 is 0 Å². The Labute approximate surface area is 138 Å². The topological polar surface area (TPSA) is 72.6 Å². The van der Waals surface area contributed by atoms with E-state index in [0.717, 1.165) is 16.9 Å². The van der Waals surface area contributed by atoms with Crippen molar-refractivity contribution in [1.82, 2.24) is 0 Å². The van der Waals surface area contributed by atoms with Crippen molar-refractivity contribution in [2.45, 2.75) is 6.61 Å². The molecule has 5 nitrogen and oxygen atoms in total. The van der Waals surface area contributed by atoms with Crippen LogP contribution in [-0.4, -0.2) is 10.0 Å². The van der Waals surface area contributed by atoms with Gasteiger partial charge in [-0.3, -0.25) is 10.1 Å². The lowest BCUT2D eigenvalue weighted by Crippen LogP contribution is -1.94. The molecular formula is C19H15NO4. The molecule has 0 saturated carbocycles. The van der Waals surface area contributed by atoms with Crippen LogP contribution in [0.25, 0.3) is 11.1 Å². The molecule has 0 aliphatic rings. The van der Waals surface area contributed by atoms with Gasteiger partial charge in [-0.1, -0.05) is 48.5 Å². The summed E-state index contributed by atoms with van der Waals surface area (Å²) in [5.74, 6) is 0.377. The highest BCUT2D eigenvalue weighted by Crippen LogP contribution is 2.32. The molecule has 120 valence electrons. The highest BCUT2D eigenvalue weighted by molar-refractivity contribution is 5.69. The van der Waals surface area contributed by atoms with Crippen LogP contribution < -0.4 is 4.74 Å². The molecule has 0 amide bonds. The summed E-state index contributed by atoms with van der Waals surface area (Å²) in [7, 11) is 0. The highest BCUT2D eigenvalue weighted by atomic mass is 16.6. The SMILES string of the molecule is O=[N+]([O-])c1cc(-c2ccc(OCc3ccccc3)cc2)ccc1O. The largest absolute Gasteiger partial charge is 0.502 e. The predicted molar refractivity (Wildman–Crippen MR) is 91.0 cm³/mol. The van der Waals surface area contributed by atoms with E-state index in [9.17, 15) is 15.2 Å². The number of hydrogen-bond donors (Lipinski definition) is 1. The molecule has 0 spiro atoms. The van der Waals surface area contributed by atoms with E-state index in [1.807, 2.05) is 54.6 Å². The van der Waals surface area contributed by atoms with E-state index < -0.39 is 4.92 Å². The van der Waals surface area contributed by atoms with E-state index in [1.54, 1.807) is 6.07 Å². The fourth-order valence-electron chi connectivity index (χ4n) is 2.33. The van der Waals surface area contributed by atoms with E-state index in [-0.39, 0.29) is 11.4 Å². The molecule has 0 heterocycles. The molecule has 0 aromatic heterocycles. The third-order valence-corrected chi connectivity index (χ3v) is 3.61. The summed E-state index contributed by atoms with van der Waals surface area (Å²) >= 11 is 0. The number of hydrogen-bond acceptors (Lipinski definition) is 4. The lowest BCUT2D eigenvalue weighted by atomic mass is 10.0. The first-order valence-electron chi connectivity index (χ1n) is 7.38. The first-order valence-corrected chi connectivity index (χ1v) is 7.38. The zero-order valence-corrected chi connectivity index (χ0v) is 12.8. The maximum atomic E-state index is 10.9. The quantitative estimate of drug-likeness (QED) is 0.553. The van der Waals surface area contributed by atoms with Gasteiger partial charge in [0.15, 0.2) is 5.75 Å². The molecule has 0 unspecified atom stereocenters. The van der Waals surface area contributed by atoms with E-state index in [1.165, 1.54) is 12.1 Å². The standard InChI is InChI=1S/C19H15NO4/c21-19-11-8-16(12-18(19)20(22)23)15-6-9-17(10-7-15)24-13-14-4-2-1-3-5-14/h1-12,21H,13H2. The molecule has 3 aromatic rings. The third kappa shape index (κ3) is 3.52. The summed E-state index contributed by atoms with van der Waals surface area (Å²) in [5.41, 5.74) is 2.24. The predicted octanol–water partition coefficient (Wildman–Crippen LogP) is 4.55. The van der Waals surface area contributed by atoms with Crippen molar-refractivity contribution in [1.29, 1.82) is 0 Å². The summed E-state index contributed by atoms with van der Waals surface area (Å²) in [6.07, 6.45) is 0. The van der Waals surface area contributed by atoms with Crippen LogP contribution in [0.5, 0.6) is 11.5 Å². The van der Waals surface area contributed by atoms with Crippen LogP contribution in [0.15, 0.2) is 72.8 Å². The number of phenols is 1. The summed E-state index contributed by atoms with van der Waals surface area (Å²) < 4.78 is 5.72. The van der Waals surface area contributed by atoms with Crippen LogP contribution in [-0.2, 0) is 6.61 Å². The van der Waals surface area contributed by atoms with Crippen LogP contribution in [0, 0.1) is 10.1 Å². The molecular weight excluding hydrogens is 306 g/mol. The first kappa shape index (κ1) is 15.6. The second kappa shape index (κ2) is 6.83. The molecule has 0 saturated heterocycles. The van der Waals surface area contributed by atoms with Gasteiger partial charge in [-0.2, -0.15) is 0 Å². The van der Waals surface area contributed by atoms with E-state index in [4.69, 9.17) is 4.74 Å². The molecule has 0 fully saturated rings. The average Bonchev–Trinajstić information content (AvgIpc) is 2.61. The van der Waals surface area contributed by atoms with E-state index in [0.29, 0.717) is 12.2 Å². The Hall–Kier alpha value is -3.34. The van der Waals surface area contributed by atoms with Gasteiger partial charge in [0.05, 0.1) is 4.92 Å². The van der Waals surface area contributed by atoms with Gasteiger partial charge in [0.2, 0.25) is 0 Å². The summed E-state index contributed by atoms with van der Waals surface area (Å²) in [6, 6.07) is 21.5. The number of ether oxygens (including phenoxy) is 1. The number of phenolic OH excluding ortho intramolecular Hbond substituents is 1. The molecule has 0 radical (unpaired) electrons. The fraction of sp³-hybridized carbons (Fsp3) is 0.0526. The molecule has 3 rings (SSSR count). The molecule has 1 N–H and O–H groups in total. The lowest BCUT2D eigenvalue weighted by molar-refractivity contribution is -0.385. The Kier molecular flexibility index (Phi) is 4.43. The molecule has 0 aliphatic heterocycles. The number of aromatic hydroxyl groups is 1. The molecule has 5 heteroatoms. The first-order chi connectivity index (χ1) is 11.6. The van der Waals surface area contributed by atoms with E-state index >= 15 is 0 Å². The fourth-order valence-corrected chi connectivity index (χ4v) is 2.33. The lowest BCUT2D eigenvalue weighted by Gasteiger charge is -2.08. The van der Waals surface area contributed by atoms with Crippen molar-refractivity contribution in [2.75, 3.05) is 0 Å². The smallest absolute Gasteiger partial charge is 0.311 e. The zero-order valence-electron chi connectivity index (χ0n) is 12.8. The minimum absolute atomic E-state index is 0.308. The molecule has 3 aromatic carbocycles. The number of nitro benzene ring substituents is 1. The summed E-state index contributed by atoms with van der Waals surface area (Å²) in [6.45, 7) is 0.477. The Balaban J connectivity index is 1.75. The molecule has 0 aliphatic carbocycles. The highest BCUT2D eigenvalue weighted by Gasteiger charge is 2.14. The van der Waals surface area contributed by atoms with Crippen LogP contribution in [0.3, 0.4) is 0 Å². The second-order valence-corrected chi connectivity index (χ2v) is 5.26. The van der Waals surface area contributed by atoms with Gasteiger partial charge in [0, 0.05) is 6.07 Å². The van der Waals surface area contributed by atoms with Crippen LogP contribution in [0.2, 0.25) is 0 Å². The van der Waals surface area contributed by atoms with Crippen molar-refractivity contribution < 1.29 is 14.8 Å². The number of benzene rings is 3. The van der Waals surface area contributed by atoms with Gasteiger partial charge >= 0.3 is 5.69 Å². The minimum atomic E-state index is -0.601. The summed E-state index contributed by atoms with van der Waals surface area (Å²) in [5, 5.41) is 20.4. The third-order valence-electron chi connectivity index (χ3n) is 3.61. The van der Waals surface area contributed by atoms with Gasteiger partial charge in [0.25, 0.3) is 0 Å². The van der Waals surface area contributed by atoms with Gasteiger partial charge in [-0.25, -0.2) is 0 Å². The summed E-state index contributed by atoms with van der Waals surface area (Å²) in [4.78, 5) is 10.3. The van der Waals surface area contributed by atoms with Crippen molar-refractivity contribution in [2.24, 2.45) is 0 Å². The van der Waals surface area contributed by atoms with Crippen LogP contribution in [0.4, 0.5) is 5.69 Å². The Morgan fingerprint density at radius 3 is 2.25 bits per heavy atom. The van der Waals surface area contributed by atoms with Crippen molar-refractivity contribution >= 4 is 5.69 Å². The van der Waals surface area contributed by atoms with Crippen molar-refractivity contribution in [3.05, 3.63) is 88.5 Å². The van der Waals surface area contributed by atoms with E-state index in [2.05, 4.69) is 0 Å². The van der Waals surface area contributed by atoms with Crippen molar-refractivity contribution in [3.63, 3.8) is 0 Å². The molecule has 0 bridgehead atoms. The molecule has 0 atom stereocenters. The van der Waals surface area contributed by atoms with Crippen LogP contribution in [0.1, 0.15) is 5.56 Å². The maximum absolute atomic E-state index is 10.9. The Morgan fingerprint density at radius 2 is 1.58 bits per heavy atom. The maximum Gasteiger partial charge on any atom is 0.311 e. The van der Waals surface area contributed by atoms with Crippen molar-refractivity contribution in [3.8, 4) is 22.6 Å². The monoisotopic (exact) mass is 321 g/mol. The average molecular weight is 321 g/mol. The normalized spacial score (nSPS) is 10.3. The number of nitrogens with zero attached hydrogens (tertiary/aromatic N) is 1. The Morgan fingerprint density at radius 1 is 0.917 bits per heavy atom. The van der Waals surface area contributed by atoms with Gasteiger partial charge in [-0.05, 0) is 34.9 Å². The van der Waals surface area contributed by atoms with Gasteiger partial charge < -0.3 is 9.84 Å². The van der Waals surface area contributed by atoms with Gasteiger partial charge in [0.1, 0.15) is 12.4 Å². The minimum Gasteiger partial charge on any atom is -0.502 e. The Bertz CT molecular complexity index is 845. The van der Waals surface area contributed by atoms with Gasteiger partial charge in [-0.15, -0.1) is 0 Å². The number of nitro groups is 1. The second-order valence-electron chi connectivity index (χ2n) is 5.26. The molecule has 24 heavy (non-hydrogen) atoms. The zero-order chi connectivity index (χ0) is 16.9.